The zero-order valence-corrected chi connectivity index (χ0v) is 21.1. The van der Waals surface area contributed by atoms with Crippen LogP contribution in [-0.4, -0.2) is 49.7 Å². The molecular weight excluding hydrogens is 512 g/mol. The average molecular weight is 533 g/mol. The van der Waals surface area contributed by atoms with Crippen molar-refractivity contribution in [3.05, 3.63) is 100 Å². The summed E-state index contributed by atoms with van der Waals surface area (Å²) in [5.41, 5.74) is 1.92. The van der Waals surface area contributed by atoms with Gasteiger partial charge in [0.15, 0.2) is 12.3 Å². The number of nitrogens with zero attached hydrogens (tertiary/aromatic N) is 4. The molecule has 186 valence electrons. The summed E-state index contributed by atoms with van der Waals surface area (Å²) in [4.78, 5) is 14.9. The molecule has 3 aromatic carbocycles. The first-order chi connectivity index (χ1) is 17.8. The number of pyridine rings is 1. The van der Waals surface area contributed by atoms with Crippen LogP contribution in [0.1, 0.15) is 16.1 Å². The Balaban J connectivity index is 1.26. The molecule has 0 unspecified atom stereocenters. The maximum absolute atomic E-state index is 13.2. The number of benzene rings is 3. The van der Waals surface area contributed by atoms with Gasteiger partial charge in [-0.15, -0.1) is 0 Å². The van der Waals surface area contributed by atoms with Crippen molar-refractivity contribution in [3.8, 4) is 17.2 Å². The number of carbonyl (C=O) groups excluding carboxylic acids is 1. The van der Waals surface area contributed by atoms with Crippen LogP contribution in [0, 0.1) is 16.5 Å². The molecule has 4 aromatic rings. The van der Waals surface area contributed by atoms with Gasteiger partial charge in [0.25, 0.3) is 11.6 Å². The average Bonchev–Trinajstić information content (AvgIpc) is 2.92. The van der Waals surface area contributed by atoms with Gasteiger partial charge in [-0.05, 0) is 58.3 Å². The minimum Gasteiger partial charge on any atom is -0.618 e. The van der Waals surface area contributed by atoms with Gasteiger partial charge >= 0.3 is 0 Å². The van der Waals surface area contributed by atoms with Crippen LogP contribution in [0.2, 0.25) is 5.02 Å². The zero-order chi connectivity index (χ0) is 26.2. The maximum Gasteiger partial charge on any atom is 0.295 e. The lowest BCUT2D eigenvalue weighted by Gasteiger charge is -2.34. The van der Waals surface area contributed by atoms with E-state index in [0.29, 0.717) is 20.9 Å². The van der Waals surface area contributed by atoms with E-state index in [4.69, 9.17) is 16.9 Å². The van der Waals surface area contributed by atoms with E-state index in [1.165, 1.54) is 16.6 Å². The fourth-order valence-electron chi connectivity index (χ4n) is 4.37. The first kappa shape index (κ1) is 24.7. The number of hydrogen-bond donors (Lipinski definition) is 0. The van der Waals surface area contributed by atoms with Crippen LogP contribution < -0.4 is 4.73 Å². The zero-order valence-electron chi connectivity index (χ0n) is 19.5. The number of hydrogen-bond acceptors (Lipinski definition) is 5. The van der Waals surface area contributed by atoms with Gasteiger partial charge in [0.1, 0.15) is 0 Å². The molecule has 0 bridgehead atoms. The second-order valence-electron chi connectivity index (χ2n) is 8.67. The summed E-state index contributed by atoms with van der Waals surface area (Å²) < 4.78 is 28.4. The fraction of sp³-hybridized carbons (Fsp3) is 0.148. The Kier molecular flexibility index (Phi) is 6.56. The van der Waals surface area contributed by atoms with Gasteiger partial charge in [-0.3, -0.25) is 4.79 Å². The second kappa shape index (κ2) is 9.82. The van der Waals surface area contributed by atoms with Crippen LogP contribution in [0.5, 0.6) is 0 Å². The van der Waals surface area contributed by atoms with E-state index in [1.54, 1.807) is 71.6 Å². The number of nitriles is 1. The van der Waals surface area contributed by atoms with Crippen molar-refractivity contribution in [2.45, 2.75) is 4.90 Å². The topological polar surface area (TPSA) is 108 Å². The molecule has 0 spiro atoms. The molecule has 5 rings (SSSR count). The van der Waals surface area contributed by atoms with Crippen LogP contribution in [0.15, 0.2) is 83.9 Å². The first-order valence-corrected chi connectivity index (χ1v) is 13.3. The number of aromatic nitrogens is 1. The van der Waals surface area contributed by atoms with Crippen molar-refractivity contribution in [3.63, 3.8) is 0 Å². The minimum absolute atomic E-state index is 0.0152. The van der Waals surface area contributed by atoms with Crippen LogP contribution in [0.25, 0.3) is 21.9 Å². The Hall–Kier alpha value is -3.97. The van der Waals surface area contributed by atoms with Gasteiger partial charge in [-0.1, -0.05) is 35.9 Å². The van der Waals surface area contributed by atoms with Crippen LogP contribution in [0.4, 0.5) is 0 Å². The summed E-state index contributed by atoms with van der Waals surface area (Å²) in [6.45, 7) is 0.940. The van der Waals surface area contributed by atoms with Crippen molar-refractivity contribution >= 4 is 38.3 Å². The fourth-order valence-corrected chi connectivity index (χ4v) is 6.01. The quantitative estimate of drug-likeness (QED) is 0.293. The number of piperazine rings is 1. The molecule has 8 nitrogen and oxygen atoms in total. The van der Waals surface area contributed by atoms with Gasteiger partial charge in [0.05, 0.1) is 4.90 Å². The van der Waals surface area contributed by atoms with E-state index in [1.807, 2.05) is 6.07 Å². The number of sulfonamides is 1. The maximum atomic E-state index is 13.2. The van der Waals surface area contributed by atoms with E-state index in [0.717, 1.165) is 16.3 Å². The molecule has 0 N–H and O–H groups in total. The van der Waals surface area contributed by atoms with Crippen LogP contribution >= 0.6 is 11.6 Å². The van der Waals surface area contributed by atoms with E-state index in [9.17, 15) is 18.4 Å². The number of amides is 1. The molecule has 1 aromatic heterocycles. The molecule has 10 heteroatoms. The highest BCUT2D eigenvalue weighted by Crippen LogP contribution is 2.26. The molecule has 37 heavy (non-hydrogen) atoms. The standard InChI is InChI=1S/C27H21ClN4O4S/c28-24-7-5-22-17-26(8-6-21(22)15-24)37(35,36)31-13-11-30(12-14-31)27(33)20-3-1-19(2-4-20)23-9-10-32(34)25(16-23)18-29/h1-10,15-17H,11-14H2. The lowest BCUT2D eigenvalue weighted by Crippen LogP contribution is -2.50. The van der Waals surface area contributed by atoms with Crippen molar-refractivity contribution in [1.29, 1.82) is 5.26 Å². The van der Waals surface area contributed by atoms with Gasteiger partial charge in [0.2, 0.25) is 10.0 Å². The third-order valence-electron chi connectivity index (χ3n) is 6.44. The molecule has 1 aliphatic rings. The molecule has 0 saturated carbocycles. The summed E-state index contributed by atoms with van der Waals surface area (Å²) in [6.07, 6.45) is 1.27. The minimum atomic E-state index is -3.71. The van der Waals surface area contributed by atoms with Crippen molar-refractivity contribution in [2.75, 3.05) is 26.2 Å². The molecule has 1 fully saturated rings. The Bertz CT molecular complexity index is 1660. The molecule has 1 amide bonds. The van der Waals surface area contributed by atoms with Gasteiger partial charge in [-0.25, -0.2) is 8.42 Å². The smallest absolute Gasteiger partial charge is 0.295 e. The highest BCUT2D eigenvalue weighted by Gasteiger charge is 2.30. The molecule has 0 radical (unpaired) electrons. The summed E-state index contributed by atoms with van der Waals surface area (Å²) in [7, 11) is -3.71. The molecule has 1 aliphatic heterocycles. The highest BCUT2D eigenvalue weighted by molar-refractivity contribution is 7.89. The van der Waals surface area contributed by atoms with E-state index >= 15 is 0 Å². The summed E-state index contributed by atoms with van der Waals surface area (Å²) in [5, 5.41) is 22.9. The Morgan fingerprint density at radius 3 is 2.27 bits per heavy atom. The largest absolute Gasteiger partial charge is 0.618 e. The Morgan fingerprint density at radius 2 is 1.57 bits per heavy atom. The number of halogens is 1. The Labute approximate surface area is 219 Å². The molecule has 1 saturated heterocycles. The third kappa shape index (κ3) is 4.87. The van der Waals surface area contributed by atoms with E-state index in [-0.39, 0.29) is 42.7 Å². The number of carbonyl (C=O) groups is 1. The third-order valence-corrected chi connectivity index (χ3v) is 8.57. The van der Waals surface area contributed by atoms with Gasteiger partial charge in [0, 0.05) is 48.9 Å². The monoisotopic (exact) mass is 532 g/mol. The van der Waals surface area contributed by atoms with E-state index in [2.05, 4.69) is 0 Å². The highest BCUT2D eigenvalue weighted by atomic mass is 35.5. The normalized spacial score (nSPS) is 14.4. The molecule has 0 aliphatic carbocycles. The van der Waals surface area contributed by atoms with Crippen molar-refractivity contribution in [1.82, 2.24) is 9.21 Å². The van der Waals surface area contributed by atoms with Crippen molar-refractivity contribution < 1.29 is 17.9 Å². The summed E-state index contributed by atoms with van der Waals surface area (Å²) in [6, 6.07) is 22.1. The molecule has 0 atom stereocenters. The lowest BCUT2D eigenvalue weighted by atomic mass is 10.0. The van der Waals surface area contributed by atoms with Crippen LogP contribution in [-0.2, 0) is 10.0 Å². The second-order valence-corrected chi connectivity index (χ2v) is 11.0. The van der Waals surface area contributed by atoms with Crippen LogP contribution in [0.3, 0.4) is 0 Å². The first-order valence-electron chi connectivity index (χ1n) is 11.5. The predicted octanol–water partition coefficient (Wildman–Crippen LogP) is 3.81. The predicted molar refractivity (Wildman–Crippen MR) is 139 cm³/mol. The van der Waals surface area contributed by atoms with Gasteiger partial charge in [-0.2, -0.15) is 14.3 Å². The van der Waals surface area contributed by atoms with E-state index < -0.39 is 10.0 Å². The Morgan fingerprint density at radius 1 is 0.892 bits per heavy atom. The van der Waals surface area contributed by atoms with Gasteiger partial charge < -0.3 is 10.1 Å². The molecular formula is C27H21ClN4O4S. The number of rotatable bonds is 4. The lowest BCUT2D eigenvalue weighted by molar-refractivity contribution is -0.608. The van der Waals surface area contributed by atoms with Crippen molar-refractivity contribution in [2.24, 2.45) is 0 Å². The SMILES string of the molecule is N#Cc1cc(-c2ccc(C(=O)N3CCN(S(=O)(=O)c4ccc5cc(Cl)ccc5c4)CC3)cc2)cc[n+]1[O-]. The summed E-state index contributed by atoms with van der Waals surface area (Å²) in [5.74, 6) is -0.186. The number of fused-ring (bicyclic) bond motifs is 1. The molecule has 2 heterocycles. The summed E-state index contributed by atoms with van der Waals surface area (Å²) >= 11 is 6.03.